The van der Waals surface area contributed by atoms with Gasteiger partial charge in [0.1, 0.15) is 24.2 Å². The predicted molar refractivity (Wildman–Crippen MR) is 105 cm³/mol. The number of hydrogen-bond acceptors (Lipinski definition) is 4. The number of halogens is 1. The lowest BCUT2D eigenvalue weighted by molar-refractivity contribution is 0.0974. The molecule has 5 rings (SSSR count). The van der Waals surface area contributed by atoms with E-state index in [1.165, 1.54) is 24.0 Å². The van der Waals surface area contributed by atoms with Gasteiger partial charge in [0, 0.05) is 12.0 Å². The zero-order valence-electron chi connectivity index (χ0n) is 15.6. The lowest BCUT2D eigenvalue weighted by Crippen LogP contribution is -2.10. The zero-order chi connectivity index (χ0) is 19.8. The molecule has 0 radical (unpaired) electrons. The second-order valence-electron chi connectivity index (χ2n) is 7.07. The van der Waals surface area contributed by atoms with Crippen LogP contribution >= 0.6 is 0 Å². The number of fused-ring (bicyclic) bond motifs is 5. The van der Waals surface area contributed by atoms with Gasteiger partial charge in [-0.1, -0.05) is 30.3 Å². The highest BCUT2D eigenvalue weighted by molar-refractivity contribution is 5.95. The molecule has 29 heavy (non-hydrogen) atoms. The minimum absolute atomic E-state index is 0.00177. The summed E-state index contributed by atoms with van der Waals surface area (Å²) in [6.45, 7) is 0.353. The molecular formula is C22H18FN5O. The fraction of sp³-hybridized carbons (Fsp3) is 0.182. The van der Waals surface area contributed by atoms with Crippen LogP contribution in [0.4, 0.5) is 4.39 Å². The Kier molecular flexibility index (Phi) is 4.27. The van der Waals surface area contributed by atoms with Crippen LogP contribution in [0.25, 0.3) is 17.1 Å². The van der Waals surface area contributed by atoms with Crippen LogP contribution in [-0.4, -0.2) is 30.1 Å². The van der Waals surface area contributed by atoms with Gasteiger partial charge < -0.3 is 0 Å². The molecule has 0 saturated carbocycles. The van der Waals surface area contributed by atoms with Gasteiger partial charge in [-0.3, -0.25) is 9.36 Å². The van der Waals surface area contributed by atoms with Crippen molar-refractivity contribution in [3.63, 3.8) is 0 Å². The van der Waals surface area contributed by atoms with Crippen molar-refractivity contribution >= 4 is 5.78 Å². The summed E-state index contributed by atoms with van der Waals surface area (Å²) < 4.78 is 17.4. The number of carbonyl (C=O) groups excluding carboxylic acids is 1. The van der Waals surface area contributed by atoms with Crippen molar-refractivity contribution in [1.82, 2.24) is 24.3 Å². The van der Waals surface area contributed by atoms with Crippen molar-refractivity contribution in [3.8, 4) is 17.1 Å². The molecule has 0 N–H and O–H groups in total. The number of aromatic nitrogens is 5. The Hall–Kier alpha value is -3.61. The van der Waals surface area contributed by atoms with Gasteiger partial charge in [-0.25, -0.2) is 19.0 Å². The van der Waals surface area contributed by atoms with Crippen LogP contribution in [0.1, 0.15) is 34.6 Å². The SMILES string of the molecule is O=C(CCCc1ccccc1)c1ncn2c1Cn1ncnc1-c1cc(F)ccc1-2. The number of aryl methyl sites for hydroxylation is 1. The smallest absolute Gasteiger partial charge is 0.183 e. The summed E-state index contributed by atoms with van der Waals surface area (Å²) in [4.78, 5) is 21.6. The molecule has 1 aliphatic heterocycles. The molecule has 2 aromatic heterocycles. The highest BCUT2D eigenvalue weighted by atomic mass is 19.1. The first-order valence-corrected chi connectivity index (χ1v) is 9.52. The first-order valence-electron chi connectivity index (χ1n) is 9.52. The molecule has 0 bridgehead atoms. The van der Waals surface area contributed by atoms with Crippen molar-refractivity contribution < 1.29 is 9.18 Å². The number of hydrogen-bond donors (Lipinski definition) is 0. The minimum Gasteiger partial charge on any atom is -0.300 e. The van der Waals surface area contributed by atoms with Crippen LogP contribution in [0.15, 0.2) is 61.2 Å². The molecular weight excluding hydrogens is 369 g/mol. The van der Waals surface area contributed by atoms with Crippen LogP contribution in [0.3, 0.4) is 0 Å². The molecule has 4 aromatic rings. The van der Waals surface area contributed by atoms with Gasteiger partial charge in [0.25, 0.3) is 0 Å². The highest BCUT2D eigenvalue weighted by Gasteiger charge is 2.26. The summed E-state index contributed by atoms with van der Waals surface area (Å²) in [6.07, 6.45) is 5.09. The molecule has 0 atom stereocenters. The Balaban J connectivity index is 1.46. The minimum atomic E-state index is -0.348. The van der Waals surface area contributed by atoms with Crippen molar-refractivity contribution in [2.75, 3.05) is 0 Å². The quantitative estimate of drug-likeness (QED) is 0.430. The van der Waals surface area contributed by atoms with Gasteiger partial charge in [-0.2, -0.15) is 5.10 Å². The second kappa shape index (κ2) is 7.09. The predicted octanol–water partition coefficient (Wildman–Crippen LogP) is 3.84. The van der Waals surface area contributed by atoms with E-state index in [1.54, 1.807) is 17.1 Å². The highest BCUT2D eigenvalue weighted by Crippen LogP contribution is 2.32. The van der Waals surface area contributed by atoms with E-state index in [9.17, 15) is 9.18 Å². The van der Waals surface area contributed by atoms with Crippen molar-refractivity contribution in [2.45, 2.75) is 25.8 Å². The van der Waals surface area contributed by atoms with Gasteiger partial charge >= 0.3 is 0 Å². The third-order valence-corrected chi connectivity index (χ3v) is 5.22. The fourth-order valence-electron chi connectivity index (χ4n) is 3.81. The largest absolute Gasteiger partial charge is 0.300 e. The first kappa shape index (κ1) is 17.5. The van der Waals surface area contributed by atoms with E-state index in [-0.39, 0.29) is 11.6 Å². The van der Waals surface area contributed by atoms with Crippen molar-refractivity contribution in [3.05, 3.63) is 84.0 Å². The molecule has 0 unspecified atom stereocenters. The Bertz CT molecular complexity index is 1200. The fourth-order valence-corrected chi connectivity index (χ4v) is 3.81. The van der Waals surface area contributed by atoms with Gasteiger partial charge in [-0.15, -0.1) is 0 Å². The summed E-state index contributed by atoms with van der Waals surface area (Å²) in [6, 6.07) is 14.6. The number of imidazole rings is 1. The van der Waals surface area contributed by atoms with E-state index in [2.05, 4.69) is 27.2 Å². The molecule has 144 valence electrons. The molecule has 3 heterocycles. The molecule has 0 spiro atoms. The Labute approximate surface area is 166 Å². The molecule has 6 nitrogen and oxygen atoms in total. The van der Waals surface area contributed by atoms with Crippen molar-refractivity contribution in [1.29, 1.82) is 0 Å². The maximum Gasteiger partial charge on any atom is 0.183 e. The summed E-state index contributed by atoms with van der Waals surface area (Å²) in [7, 11) is 0. The zero-order valence-corrected chi connectivity index (χ0v) is 15.6. The molecule has 2 aromatic carbocycles. The standard InChI is InChI=1S/C22H18FN5O/c23-16-9-10-18-17(11-16)22-24-13-26-28(22)12-19-21(25-14-27(18)19)20(29)8-4-7-15-5-2-1-3-6-15/h1-3,5-6,9-11,13-14H,4,7-8,12H2. The number of benzene rings is 2. The monoisotopic (exact) mass is 387 g/mol. The van der Waals surface area contributed by atoms with Crippen LogP contribution in [0, 0.1) is 5.82 Å². The van der Waals surface area contributed by atoms with Crippen LogP contribution < -0.4 is 0 Å². The molecule has 0 amide bonds. The molecule has 0 aliphatic carbocycles. The molecule has 1 aliphatic rings. The lowest BCUT2D eigenvalue weighted by atomic mass is 10.0. The number of ketones is 1. The first-order chi connectivity index (χ1) is 14.2. The van der Waals surface area contributed by atoms with Crippen LogP contribution in [-0.2, 0) is 13.0 Å². The normalized spacial score (nSPS) is 12.0. The third-order valence-electron chi connectivity index (χ3n) is 5.22. The maximum atomic E-state index is 13.9. The van der Waals surface area contributed by atoms with E-state index >= 15 is 0 Å². The van der Waals surface area contributed by atoms with Gasteiger partial charge in [0.05, 0.1) is 17.9 Å². The number of carbonyl (C=O) groups is 1. The molecule has 0 fully saturated rings. The van der Waals surface area contributed by atoms with Gasteiger partial charge in [-0.05, 0) is 36.6 Å². The van der Waals surface area contributed by atoms with Crippen molar-refractivity contribution in [2.24, 2.45) is 0 Å². The number of rotatable bonds is 5. The average molecular weight is 387 g/mol. The van der Waals surface area contributed by atoms with E-state index < -0.39 is 0 Å². The summed E-state index contributed by atoms with van der Waals surface area (Å²) in [5, 5.41) is 4.26. The number of nitrogens with zero attached hydrogens (tertiary/aromatic N) is 5. The van der Waals surface area contributed by atoms with Gasteiger partial charge in [0.15, 0.2) is 11.6 Å². The van der Waals surface area contributed by atoms with Gasteiger partial charge in [0.2, 0.25) is 0 Å². The third kappa shape index (κ3) is 3.14. The Morgan fingerprint density at radius 2 is 1.97 bits per heavy atom. The van der Waals surface area contributed by atoms with Crippen LogP contribution in [0.2, 0.25) is 0 Å². The van der Waals surface area contributed by atoms with E-state index in [0.29, 0.717) is 30.0 Å². The summed E-state index contributed by atoms with van der Waals surface area (Å²) in [5.74, 6) is 0.228. The second-order valence-corrected chi connectivity index (χ2v) is 7.07. The number of Topliss-reactive ketones (excluding diaryl/α,β-unsaturated/α-hetero) is 1. The van der Waals surface area contributed by atoms with E-state index in [1.807, 2.05) is 22.8 Å². The summed E-state index contributed by atoms with van der Waals surface area (Å²) >= 11 is 0. The summed E-state index contributed by atoms with van der Waals surface area (Å²) in [5.41, 5.74) is 3.77. The Morgan fingerprint density at radius 3 is 2.83 bits per heavy atom. The molecule has 7 heteroatoms. The average Bonchev–Trinajstić information content (AvgIpc) is 3.34. The maximum absolute atomic E-state index is 13.9. The Morgan fingerprint density at radius 1 is 1.10 bits per heavy atom. The van der Waals surface area contributed by atoms with E-state index in [0.717, 1.165) is 24.2 Å². The lowest BCUT2D eigenvalue weighted by Gasteiger charge is -2.08. The topological polar surface area (TPSA) is 65.6 Å². The van der Waals surface area contributed by atoms with Crippen LogP contribution in [0.5, 0.6) is 0 Å². The van der Waals surface area contributed by atoms with E-state index in [4.69, 9.17) is 0 Å². The molecule has 0 saturated heterocycles.